The highest BCUT2D eigenvalue weighted by molar-refractivity contribution is 7.87. The van der Waals surface area contributed by atoms with E-state index >= 15 is 0 Å². The fraction of sp³-hybridized carbons (Fsp3) is 0.217. The Labute approximate surface area is 197 Å². The molecular weight excluding hydrogens is 458 g/mol. The molecule has 34 heavy (non-hydrogen) atoms. The summed E-state index contributed by atoms with van der Waals surface area (Å²) in [4.78, 5) is 17.9. The average Bonchev–Trinajstić information content (AvgIpc) is 3.16. The Balaban J connectivity index is 1.97. The first-order chi connectivity index (χ1) is 16.1. The molecule has 1 heterocycles. The Hall–Kier alpha value is -3.83. The SMILES string of the molecule is C=CCO/N=C(/N)c1ccc(NC(C(=O)NS(N)(=O)=O)c2cc(CC)c3occ(C)c3c2)cc1. The van der Waals surface area contributed by atoms with Crippen LogP contribution in [-0.4, -0.2) is 26.8 Å². The number of hydrogen-bond donors (Lipinski definition) is 4. The number of carbonyl (C=O) groups excluding carboxylic acids is 1. The Bertz CT molecular complexity index is 1330. The predicted molar refractivity (Wildman–Crippen MR) is 131 cm³/mol. The second-order valence-corrected chi connectivity index (χ2v) is 8.85. The molecule has 0 fully saturated rings. The summed E-state index contributed by atoms with van der Waals surface area (Å²) in [5.74, 6) is -0.654. The fourth-order valence-electron chi connectivity index (χ4n) is 3.40. The lowest BCUT2D eigenvalue weighted by Crippen LogP contribution is -2.41. The van der Waals surface area contributed by atoms with Gasteiger partial charge in [0.1, 0.15) is 18.2 Å². The molecular formula is C23H27N5O5S. The number of nitrogens with two attached hydrogens (primary N) is 2. The molecule has 0 spiro atoms. The third-order valence-corrected chi connectivity index (χ3v) is 5.52. The fourth-order valence-corrected chi connectivity index (χ4v) is 3.80. The van der Waals surface area contributed by atoms with Crippen LogP contribution in [0.5, 0.6) is 0 Å². The summed E-state index contributed by atoms with van der Waals surface area (Å²) in [6, 6.07) is 9.29. The van der Waals surface area contributed by atoms with E-state index in [1.54, 1.807) is 42.7 Å². The van der Waals surface area contributed by atoms with Crippen molar-refractivity contribution in [1.82, 2.24) is 4.72 Å². The molecule has 180 valence electrons. The van der Waals surface area contributed by atoms with Crippen molar-refractivity contribution in [2.24, 2.45) is 16.0 Å². The number of oxime groups is 1. The van der Waals surface area contributed by atoms with Gasteiger partial charge in [-0.3, -0.25) is 4.79 Å². The van der Waals surface area contributed by atoms with Crippen LogP contribution in [0.4, 0.5) is 5.69 Å². The Morgan fingerprint density at radius 3 is 2.62 bits per heavy atom. The van der Waals surface area contributed by atoms with Gasteiger partial charge in [-0.25, -0.2) is 9.86 Å². The van der Waals surface area contributed by atoms with Gasteiger partial charge in [0, 0.05) is 16.6 Å². The minimum absolute atomic E-state index is 0.172. The zero-order chi connectivity index (χ0) is 24.9. The third-order valence-electron chi connectivity index (χ3n) is 5.03. The van der Waals surface area contributed by atoms with Crippen LogP contribution in [0, 0.1) is 6.92 Å². The summed E-state index contributed by atoms with van der Waals surface area (Å²) in [5.41, 5.74) is 10.1. The van der Waals surface area contributed by atoms with E-state index in [2.05, 4.69) is 17.1 Å². The van der Waals surface area contributed by atoms with Crippen molar-refractivity contribution in [2.45, 2.75) is 26.3 Å². The van der Waals surface area contributed by atoms with Crippen LogP contribution in [0.15, 0.2) is 64.9 Å². The van der Waals surface area contributed by atoms with E-state index in [1.165, 1.54) is 0 Å². The van der Waals surface area contributed by atoms with E-state index in [9.17, 15) is 13.2 Å². The van der Waals surface area contributed by atoms with Crippen LogP contribution in [-0.2, 0) is 26.3 Å². The molecule has 0 aliphatic rings. The van der Waals surface area contributed by atoms with Crippen LogP contribution in [0.25, 0.3) is 11.0 Å². The highest BCUT2D eigenvalue weighted by Crippen LogP contribution is 2.30. The molecule has 3 aromatic rings. The van der Waals surface area contributed by atoms with Crippen molar-refractivity contribution in [2.75, 3.05) is 11.9 Å². The molecule has 11 heteroatoms. The maximum atomic E-state index is 12.9. The first-order valence-corrected chi connectivity index (χ1v) is 12.0. The van der Waals surface area contributed by atoms with Gasteiger partial charge in [0.15, 0.2) is 5.84 Å². The number of benzene rings is 2. The van der Waals surface area contributed by atoms with E-state index < -0.39 is 22.2 Å². The summed E-state index contributed by atoms with van der Waals surface area (Å²) in [7, 11) is -4.26. The number of carbonyl (C=O) groups is 1. The summed E-state index contributed by atoms with van der Waals surface area (Å²) in [6.45, 7) is 7.62. The van der Waals surface area contributed by atoms with Gasteiger partial charge in [-0.1, -0.05) is 24.7 Å². The van der Waals surface area contributed by atoms with Crippen LogP contribution in [0.3, 0.4) is 0 Å². The minimum atomic E-state index is -4.26. The van der Waals surface area contributed by atoms with Gasteiger partial charge in [-0.05, 0) is 66.4 Å². The Morgan fingerprint density at radius 2 is 2.00 bits per heavy atom. The Morgan fingerprint density at radius 1 is 1.29 bits per heavy atom. The van der Waals surface area contributed by atoms with Crippen LogP contribution >= 0.6 is 0 Å². The summed E-state index contributed by atoms with van der Waals surface area (Å²) >= 11 is 0. The normalized spacial score (nSPS) is 12.9. The Kier molecular flexibility index (Phi) is 7.59. The van der Waals surface area contributed by atoms with E-state index in [-0.39, 0.29) is 12.4 Å². The van der Waals surface area contributed by atoms with Crippen LogP contribution in [0.2, 0.25) is 0 Å². The monoisotopic (exact) mass is 485 g/mol. The van der Waals surface area contributed by atoms with Crippen molar-refractivity contribution in [3.8, 4) is 0 Å². The number of amides is 1. The van der Waals surface area contributed by atoms with Crippen molar-refractivity contribution in [3.63, 3.8) is 0 Å². The number of amidine groups is 1. The molecule has 1 unspecified atom stereocenters. The number of anilines is 1. The molecule has 0 aliphatic carbocycles. The quantitative estimate of drug-likeness (QED) is 0.113. The first-order valence-electron chi connectivity index (χ1n) is 10.4. The molecule has 3 rings (SSSR count). The van der Waals surface area contributed by atoms with Crippen molar-refractivity contribution in [1.29, 1.82) is 0 Å². The number of furan rings is 1. The first kappa shape index (κ1) is 24.8. The molecule has 0 saturated carbocycles. The van der Waals surface area contributed by atoms with Gasteiger partial charge in [-0.15, -0.1) is 0 Å². The number of fused-ring (bicyclic) bond motifs is 1. The molecule has 0 radical (unpaired) electrons. The second-order valence-electron chi connectivity index (χ2n) is 7.56. The highest BCUT2D eigenvalue weighted by Gasteiger charge is 2.25. The number of aryl methyl sites for hydroxylation is 2. The van der Waals surface area contributed by atoms with Crippen molar-refractivity contribution in [3.05, 3.63) is 77.6 Å². The number of rotatable bonds is 10. The maximum absolute atomic E-state index is 12.9. The van der Waals surface area contributed by atoms with E-state index in [1.807, 2.05) is 24.6 Å². The van der Waals surface area contributed by atoms with Gasteiger partial charge in [0.05, 0.1) is 6.26 Å². The largest absolute Gasteiger partial charge is 0.464 e. The summed E-state index contributed by atoms with van der Waals surface area (Å²) in [5, 5.41) is 12.8. The second kappa shape index (κ2) is 10.4. The van der Waals surface area contributed by atoms with E-state index in [4.69, 9.17) is 20.1 Å². The number of nitrogens with one attached hydrogen (secondary N) is 2. The van der Waals surface area contributed by atoms with Gasteiger partial charge in [0.25, 0.3) is 16.1 Å². The van der Waals surface area contributed by atoms with Crippen molar-refractivity contribution < 1.29 is 22.5 Å². The molecule has 1 aromatic heterocycles. The van der Waals surface area contributed by atoms with Crippen LogP contribution in [0.1, 0.15) is 35.2 Å². The zero-order valence-corrected chi connectivity index (χ0v) is 19.7. The highest BCUT2D eigenvalue weighted by atomic mass is 32.2. The van der Waals surface area contributed by atoms with Gasteiger partial charge in [0.2, 0.25) is 0 Å². The summed E-state index contributed by atoms with van der Waals surface area (Å²) in [6.07, 6.45) is 3.84. The predicted octanol–water partition coefficient (Wildman–Crippen LogP) is 2.60. The number of nitrogens with zero attached hydrogens (tertiary/aromatic N) is 1. The van der Waals surface area contributed by atoms with Crippen LogP contribution < -0.4 is 20.9 Å². The third kappa shape index (κ3) is 5.94. The van der Waals surface area contributed by atoms with E-state index in [0.29, 0.717) is 23.2 Å². The molecule has 1 amide bonds. The lowest BCUT2D eigenvalue weighted by atomic mass is 9.98. The smallest absolute Gasteiger partial charge is 0.298 e. The minimum Gasteiger partial charge on any atom is -0.464 e. The molecule has 0 bridgehead atoms. The van der Waals surface area contributed by atoms with Gasteiger partial charge < -0.3 is 20.3 Å². The topological polar surface area (TPSA) is 162 Å². The molecule has 10 nitrogen and oxygen atoms in total. The standard InChI is InChI=1S/C23H27N5O5S/c1-4-10-33-27-22(24)16-6-8-18(9-7-16)26-20(23(29)28-34(25,30)31)17-11-15(5-2)21-19(12-17)14(3)13-32-21/h4,6-9,11-13,20,26H,1,5,10H2,2-3H3,(H2,24,27)(H,28,29)(H2,25,30,31). The summed E-state index contributed by atoms with van der Waals surface area (Å²) < 4.78 is 30.6. The van der Waals surface area contributed by atoms with E-state index in [0.717, 1.165) is 22.1 Å². The van der Waals surface area contributed by atoms with Crippen molar-refractivity contribution >= 4 is 38.6 Å². The zero-order valence-electron chi connectivity index (χ0n) is 18.9. The van der Waals surface area contributed by atoms with Gasteiger partial charge >= 0.3 is 0 Å². The molecule has 2 aromatic carbocycles. The molecule has 6 N–H and O–H groups in total. The molecule has 1 atom stereocenters. The maximum Gasteiger partial charge on any atom is 0.298 e. The molecule has 0 saturated heterocycles. The lowest BCUT2D eigenvalue weighted by Gasteiger charge is -2.20. The van der Waals surface area contributed by atoms with Gasteiger partial charge in [-0.2, -0.15) is 8.42 Å². The lowest BCUT2D eigenvalue weighted by molar-refractivity contribution is -0.120. The number of hydrogen-bond acceptors (Lipinski definition) is 7. The molecule has 0 aliphatic heterocycles. The average molecular weight is 486 g/mol.